The maximum atomic E-state index is 4.12. The Labute approximate surface area is 105 Å². The molecule has 0 rings (SSSR count). The molecule has 0 atom stereocenters. The summed E-state index contributed by atoms with van der Waals surface area (Å²) in [5.74, 6) is 0. The molecule has 0 aliphatic rings. The molecule has 0 aromatic rings. The Hall–Kier alpha value is 1.90. The first-order chi connectivity index (χ1) is 2.77. The predicted molar refractivity (Wildman–Crippen MR) is 34.8 cm³/mol. The first-order valence-corrected chi connectivity index (χ1v) is 2.44. The fraction of sp³-hybridized carbons (Fsp3) is 1.00. The van der Waals surface area contributed by atoms with Gasteiger partial charge < -0.3 is 30.1 Å². The minimum Gasteiger partial charge on any atom is -1.00 e. The summed E-state index contributed by atoms with van der Waals surface area (Å²) >= 11 is 0. The van der Waals surface area contributed by atoms with Crippen molar-refractivity contribution in [1.29, 1.82) is 0 Å². The minimum absolute atomic E-state index is 0. The molecule has 0 bridgehead atoms. The molecule has 0 unspecified atom stereocenters. The van der Waals surface area contributed by atoms with Crippen LogP contribution in [-0.2, 0) is 0 Å². The Morgan fingerprint density at radius 3 is 1.50 bits per heavy atom. The van der Waals surface area contributed by atoms with Crippen LogP contribution in [0.4, 0.5) is 0 Å². The van der Waals surface area contributed by atoms with Gasteiger partial charge in [0.1, 0.15) is 0 Å². The monoisotopic (exact) mass is 187 g/mol. The average molecular weight is 188 g/mol. The number of nitrogens with zero attached hydrogens (tertiary/aromatic N) is 1. The van der Waals surface area contributed by atoms with Gasteiger partial charge in [-0.2, -0.15) is 6.54 Å². The van der Waals surface area contributed by atoms with Crippen LogP contribution in [0.15, 0.2) is 0 Å². The molecule has 0 aliphatic heterocycles. The molecule has 0 saturated heterocycles. The third-order valence-corrected chi connectivity index (χ3v) is 0.548. The standard InChI is InChI=1S/C5H12N.2ClH.Li.Mg/c1-4-6-5(2)3;;;;/h5H,4H2,1-3H3;2*1H;;/q-1;;;+1;+2/p-2. The van der Waals surface area contributed by atoms with Crippen LogP contribution in [0.5, 0.6) is 0 Å². The van der Waals surface area contributed by atoms with Crippen molar-refractivity contribution < 1.29 is 43.7 Å². The molecule has 0 saturated carbocycles. The molecule has 0 radical (unpaired) electrons. The van der Waals surface area contributed by atoms with Gasteiger partial charge in [0.25, 0.3) is 0 Å². The molecule has 1 nitrogen and oxygen atoms in total. The van der Waals surface area contributed by atoms with E-state index in [0.29, 0.717) is 6.04 Å². The molecule has 0 aromatic heterocycles. The minimum atomic E-state index is 0. The Kier molecular flexibility index (Phi) is 66.6. The molecule has 10 heavy (non-hydrogen) atoms. The van der Waals surface area contributed by atoms with Crippen LogP contribution < -0.4 is 43.7 Å². The molecule has 0 fully saturated rings. The molecular formula is C5H12Cl2LiMgN. The molecular weight excluding hydrogens is 176 g/mol. The average Bonchev–Trinajstić information content (AvgIpc) is 1.35. The third-order valence-electron chi connectivity index (χ3n) is 0.548. The molecule has 5 heteroatoms. The zero-order valence-corrected chi connectivity index (χ0v) is 10.1. The summed E-state index contributed by atoms with van der Waals surface area (Å²) in [6.07, 6.45) is 0. The first kappa shape index (κ1) is 29.7. The largest absolute Gasteiger partial charge is 2.00 e. The van der Waals surface area contributed by atoms with Gasteiger partial charge in [0.2, 0.25) is 0 Å². The second-order valence-electron chi connectivity index (χ2n) is 1.59. The summed E-state index contributed by atoms with van der Waals surface area (Å²) in [5, 5.41) is 4.12. The van der Waals surface area contributed by atoms with Crippen molar-refractivity contribution in [3.05, 3.63) is 5.32 Å². The Balaban J connectivity index is -0.0000000208. The summed E-state index contributed by atoms with van der Waals surface area (Å²) in [7, 11) is 0. The van der Waals surface area contributed by atoms with E-state index in [2.05, 4.69) is 26.1 Å². The van der Waals surface area contributed by atoms with Gasteiger partial charge >= 0.3 is 41.9 Å². The van der Waals surface area contributed by atoms with Crippen LogP contribution in [0, 0.1) is 0 Å². The zero-order chi connectivity index (χ0) is 4.99. The summed E-state index contributed by atoms with van der Waals surface area (Å²) in [4.78, 5) is 0. The van der Waals surface area contributed by atoms with E-state index in [9.17, 15) is 0 Å². The van der Waals surface area contributed by atoms with Crippen LogP contribution >= 0.6 is 0 Å². The first-order valence-electron chi connectivity index (χ1n) is 2.44. The van der Waals surface area contributed by atoms with Crippen molar-refractivity contribution in [2.45, 2.75) is 26.8 Å². The molecule has 0 heterocycles. The molecule has 0 spiro atoms. The smallest absolute Gasteiger partial charge is 1.00 e. The van der Waals surface area contributed by atoms with E-state index < -0.39 is 0 Å². The second-order valence-corrected chi connectivity index (χ2v) is 1.59. The van der Waals surface area contributed by atoms with Crippen LogP contribution in [-0.4, -0.2) is 35.6 Å². The number of hydrogen-bond acceptors (Lipinski definition) is 0. The van der Waals surface area contributed by atoms with Crippen molar-refractivity contribution in [3.8, 4) is 0 Å². The maximum Gasteiger partial charge on any atom is 2.00 e. The summed E-state index contributed by atoms with van der Waals surface area (Å²) in [5.41, 5.74) is 0. The quantitative estimate of drug-likeness (QED) is 0.382. The zero-order valence-electron chi connectivity index (χ0n) is 7.19. The molecule has 0 N–H and O–H groups in total. The normalized spacial score (nSPS) is 6.00. The van der Waals surface area contributed by atoms with E-state index in [0.717, 1.165) is 6.54 Å². The van der Waals surface area contributed by atoms with Gasteiger partial charge in [-0.1, -0.05) is 20.8 Å². The van der Waals surface area contributed by atoms with Gasteiger partial charge in [-0.3, -0.25) is 0 Å². The van der Waals surface area contributed by atoms with E-state index in [4.69, 9.17) is 0 Å². The number of rotatable bonds is 2. The van der Waals surface area contributed by atoms with Gasteiger partial charge in [-0.05, 0) is 0 Å². The molecule has 0 aliphatic carbocycles. The van der Waals surface area contributed by atoms with Gasteiger partial charge in [0.05, 0.1) is 0 Å². The van der Waals surface area contributed by atoms with E-state index in [1.165, 1.54) is 0 Å². The van der Waals surface area contributed by atoms with Crippen molar-refractivity contribution in [3.63, 3.8) is 0 Å². The SMILES string of the molecule is CC[N-]C(C)C.[Cl-].[Cl-].[Li+].[Mg+2]. The summed E-state index contributed by atoms with van der Waals surface area (Å²) in [6, 6.07) is 0.523. The number of hydrogen-bond donors (Lipinski definition) is 0. The fourth-order valence-electron chi connectivity index (χ4n) is 0.365. The Morgan fingerprint density at radius 1 is 1.20 bits per heavy atom. The van der Waals surface area contributed by atoms with Crippen molar-refractivity contribution in [2.75, 3.05) is 6.54 Å². The van der Waals surface area contributed by atoms with E-state index in [1.807, 2.05) is 0 Å². The van der Waals surface area contributed by atoms with Crippen LogP contribution in [0.1, 0.15) is 20.8 Å². The van der Waals surface area contributed by atoms with Crippen molar-refractivity contribution >= 4 is 23.1 Å². The maximum absolute atomic E-state index is 4.12. The van der Waals surface area contributed by atoms with Gasteiger partial charge in [-0.15, -0.1) is 6.04 Å². The van der Waals surface area contributed by atoms with E-state index in [-0.39, 0.29) is 66.7 Å². The molecule has 0 amide bonds. The fourth-order valence-corrected chi connectivity index (χ4v) is 0.365. The Bertz CT molecular complexity index is 40.8. The van der Waals surface area contributed by atoms with E-state index in [1.54, 1.807) is 0 Å². The van der Waals surface area contributed by atoms with Crippen molar-refractivity contribution in [2.24, 2.45) is 0 Å². The van der Waals surface area contributed by atoms with Crippen molar-refractivity contribution in [1.82, 2.24) is 0 Å². The second kappa shape index (κ2) is 22.4. The summed E-state index contributed by atoms with van der Waals surface area (Å²) < 4.78 is 0. The third kappa shape index (κ3) is 32.7. The molecule has 0 aromatic carbocycles. The van der Waals surface area contributed by atoms with Gasteiger partial charge in [0.15, 0.2) is 0 Å². The van der Waals surface area contributed by atoms with E-state index >= 15 is 0 Å². The summed E-state index contributed by atoms with van der Waals surface area (Å²) in [6.45, 7) is 7.19. The predicted octanol–water partition coefficient (Wildman–Crippen LogP) is -7.58. The molecule has 54 valence electrons. The van der Waals surface area contributed by atoms with Gasteiger partial charge in [-0.25, -0.2) is 0 Å². The van der Waals surface area contributed by atoms with Crippen LogP contribution in [0.3, 0.4) is 0 Å². The van der Waals surface area contributed by atoms with Crippen LogP contribution in [0.25, 0.3) is 5.32 Å². The number of halogens is 2. The topological polar surface area (TPSA) is 14.1 Å². The van der Waals surface area contributed by atoms with Crippen LogP contribution in [0.2, 0.25) is 0 Å². The Morgan fingerprint density at radius 2 is 1.50 bits per heavy atom. The van der Waals surface area contributed by atoms with Gasteiger partial charge in [0, 0.05) is 0 Å².